The summed E-state index contributed by atoms with van der Waals surface area (Å²) in [5.41, 5.74) is -0.00540. The Morgan fingerprint density at radius 1 is 1.55 bits per heavy atom. The standard InChI is InChI=1S/C7H4BrClO2/c8-4-2-1-3-5(9)6(4)7(10)11/h1-3H,(H,10,11)/p-1. The minimum absolute atomic E-state index is 0.00540. The lowest BCUT2D eigenvalue weighted by molar-refractivity contribution is -0.255. The van der Waals surface area contributed by atoms with E-state index in [0.29, 0.717) is 4.47 Å². The van der Waals surface area contributed by atoms with E-state index in [1.165, 1.54) is 6.07 Å². The van der Waals surface area contributed by atoms with Gasteiger partial charge in [-0.2, -0.15) is 0 Å². The van der Waals surface area contributed by atoms with E-state index in [2.05, 4.69) is 15.9 Å². The highest BCUT2D eigenvalue weighted by molar-refractivity contribution is 9.10. The van der Waals surface area contributed by atoms with Crippen molar-refractivity contribution in [3.63, 3.8) is 0 Å². The molecular weight excluding hydrogens is 231 g/mol. The van der Waals surface area contributed by atoms with E-state index in [0.717, 1.165) is 0 Å². The molecule has 0 aromatic heterocycles. The van der Waals surface area contributed by atoms with Crippen molar-refractivity contribution in [2.24, 2.45) is 0 Å². The first-order valence-corrected chi connectivity index (χ1v) is 3.95. The molecule has 0 N–H and O–H groups in total. The van der Waals surface area contributed by atoms with E-state index >= 15 is 0 Å². The molecule has 11 heavy (non-hydrogen) atoms. The van der Waals surface area contributed by atoms with Crippen LogP contribution in [0.25, 0.3) is 0 Å². The Bertz CT molecular complexity index is 278. The summed E-state index contributed by atoms with van der Waals surface area (Å²) in [6.07, 6.45) is 0. The molecular formula is C7H3BrClO2-. The Hall–Kier alpha value is -0.540. The van der Waals surface area contributed by atoms with Crippen molar-refractivity contribution in [3.8, 4) is 0 Å². The Morgan fingerprint density at radius 3 is 2.55 bits per heavy atom. The van der Waals surface area contributed by atoms with E-state index in [4.69, 9.17) is 11.6 Å². The molecule has 0 radical (unpaired) electrons. The van der Waals surface area contributed by atoms with Gasteiger partial charge in [-0.05, 0) is 12.1 Å². The smallest absolute Gasteiger partial charge is 0.0741 e. The molecule has 58 valence electrons. The number of halogens is 2. The third-order valence-electron chi connectivity index (χ3n) is 1.17. The average Bonchev–Trinajstić information content (AvgIpc) is 1.85. The third kappa shape index (κ3) is 1.73. The van der Waals surface area contributed by atoms with Gasteiger partial charge in [0.1, 0.15) is 0 Å². The molecule has 0 aliphatic carbocycles. The van der Waals surface area contributed by atoms with Gasteiger partial charge in [-0.1, -0.05) is 33.6 Å². The minimum Gasteiger partial charge on any atom is -0.545 e. The van der Waals surface area contributed by atoms with E-state index in [-0.39, 0.29) is 10.6 Å². The summed E-state index contributed by atoms with van der Waals surface area (Å²) in [7, 11) is 0. The lowest BCUT2D eigenvalue weighted by atomic mass is 10.2. The monoisotopic (exact) mass is 233 g/mol. The van der Waals surface area contributed by atoms with Crippen molar-refractivity contribution < 1.29 is 9.90 Å². The van der Waals surface area contributed by atoms with Crippen LogP contribution < -0.4 is 5.11 Å². The quantitative estimate of drug-likeness (QED) is 0.738. The van der Waals surface area contributed by atoms with Crippen LogP contribution in [-0.2, 0) is 0 Å². The van der Waals surface area contributed by atoms with Crippen molar-refractivity contribution in [1.29, 1.82) is 0 Å². The maximum absolute atomic E-state index is 10.4. The van der Waals surface area contributed by atoms with Crippen LogP contribution in [0.4, 0.5) is 0 Å². The SMILES string of the molecule is O=C([O-])c1c(Cl)cccc1Br. The Morgan fingerprint density at radius 2 is 2.18 bits per heavy atom. The topological polar surface area (TPSA) is 40.1 Å². The number of carboxylic acids is 1. The zero-order chi connectivity index (χ0) is 8.43. The number of benzene rings is 1. The number of rotatable bonds is 1. The number of carboxylic acid groups (broad SMARTS) is 1. The molecule has 0 aliphatic rings. The fourth-order valence-electron chi connectivity index (χ4n) is 0.693. The third-order valence-corrected chi connectivity index (χ3v) is 2.14. The normalized spacial score (nSPS) is 9.64. The van der Waals surface area contributed by atoms with Crippen LogP contribution in [0.5, 0.6) is 0 Å². The number of carbonyl (C=O) groups is 1. The average molecular weight is 234 g/mol. The molecule has 0 saturated heterocycles. The maximum atomic E-state index is 10.4. The summed E-state index contributed by atoms with van der Waals surface area (Å²) in [5.74, 6) is -1.28. The van der Waals surface area contributed by atoms with E-state index < -0.39 is 5.97 Å². The fourth-order valence-corrected chi connectivity index (χ4v) is 1.59. The second-order valence-corrected chi connectivity index (χ2v) is 3.15. The highest BCUT2D eigenvalue weighted by Gasteiger charge is 2.04. The molecule has 0 amide bonds. The zero-order valence-electron chi connectivity index (χ0n) is 5.30. The van der Waals surface area contributed by atoms with E-state index in [9.17, 15) is 9.90 Å². The van der Waals surface area contributed by atoms with Crippen LogP contribution in [-0.4, -0.2) is 5.97 Å². The van der Waals surface area contributed by atoms with E-state index in [1.807, 2.05) is 0 Å². The number of aromatic carboxylic acids is 1. The molecule has 1 rings (SSSR count). The minimum atomic E-state index is -1.28. The lowest BCUT2D eigenvalue weighted by Crippen LogP contribution is -2.23. The summed E-state index contributed by atoms with van der Waals surface area (Å²) < 4.78 is 0.435. The summed E-state index contributed by atoms with van der Waals surface area (Å²) in [4.78, 5) is 10.4. The van der Waals surface area contributed by atoms with Gasteiger partial charge >= 0.3 is 0 Å². The van der Waals surface area contributed by atoms with Gasteiger partial charge in [0.15, 0.2) is 0 Å². The molecule has 0 bridgehead atoms. The van der Waals surface area contributed by atoms with Crippen LogP contribution in [0.15, 0.2) is 22.7 Å². The Kier molecular flexibility index (Phi) is 2.52. The summed E-state index contributed by atoms with van der Waals surface area (Å²) in [6, 6.07) is 4.74. The van der Waals surface area contributed by atoms with Crippen molar-refractivity contribution in [2.75, 3.05) is 0 Å². The second-order valence-electron chi connectivity index (χ2n) is 1.88. The molecule has 0 fully saturated rings. The molecule has 0 unspecified atom stereocenters. The largest absolute Gasteiger partial charge is 0.545 e. The summed E-state index contributed by atoms with van der Waals surface area (Å²) in [6.45, 7) is 0. The predicted molar refractivity (Wildman–Crippen MR) is 43.5 cm³/mol. The van der Waals surface area contributed by atoms with Crippen LogP contribution >= 0.6 is 27.5 Å². The van der Waals surface area contributed by atoms with Crippen molar-refractivity contribution in [1.82, 2.24) is 0 Å². The number of hydrogen-bond acceptors (Lipinski definition) is 2. The summed E-state index contributed by atoms with van der Waals surface area (Å²) >= 11 is 8.62. The highest BCUT2D eigenvalue weighted by atomic mass is 79.9. The van der Waals surface area contributed by atoms with Gasteiger partial charge < -0.3 is 9.90 Å². The van der Waals surface area contributed by atoms with Gasteiger partial charge in [-0.25, -0.2) is 0 Å². The Balaban J connectivity index is 3.32. The fraction of sp³-hybridized carbons (Fsp3) is 0. The number of carbonyl (C=O) groups excluding carboxylic acids is 1. The first-order chi connectivity index (χ1) is 5.13. The van der Waals surface area contributed by atoms with Gasteiger partial charge in [-0.15, -0.1) is 0 Å². The molecule has 0 atom stereocenters. The van der Waals surface area contributed by atoms with Crippen molar-refractivity contribution in [3.05, 3.63) is 33.3 Å². The second kappa shape index (κ2) is 3.24. The molecule has 0 aliphatic heterocycles. The first-order valence-electron chi connectivity index (χ1n) is 2.78. The van der Waals surface area contributed by atoms with Crippen LogP contribution in [0, 0.1) is 0 Å². The van der Waals surface area contributed by atoms with Gasteiger partial charge in [0.2, 0.25) is 0 Å². The van der Waals surface area contributed by atoms with Crippen LogP contribution in [0.1, 0.15) is 10.4 Å². The van der Waals surface area contributed by atoms with Gasteiger partial charge in [-0.3, -0.25) is 0 Å². The molecule has 0 saturated carbocycles. The van der Waals surface area contributed by atoms with E-state index in [1.54, 1.807) is 12.1 Å². The first kappa shape index (κ1) is 8.56. The molecule has 1 aromatic rings. The zero-order valence-corrected chi connectivity index (χ0v) is 7.65. The summed E-state index contributed by atoms with van der Waals surface area (Å²) in [5, 5.41) is 10.6. The molecule has 0 spiro atoms. The highest BCUT2D eigenvalue weighted by Crippen LogP contribution is 2.23. The molecule has 2 nitrogen and oxygen atoms in total. The molecule has 0 heterocycles. The van der Waals surface area contributed by atoms with Gasteiger partial charge in [0.25, 0.3) is 0 Å². The lowest BCUT2D eigenvalue weighted by Gasteiger charge is -2.06. The van der Waals surface area contributed by atoms with Gasteiger partial charge in [0, 0.05) is 10.0 Å². The molecule has 1 aromatic carbocycles. The van der Waals surface area contributed by atoms with Crippen LogP contribution in [0.2, 0.25) is 5.02 Å². The van der Waals surface area contributed by atoms with Crippen molar-refractivity contribution >= 4 is 33.5 Å². The van der Waals surface area contributed by atoms with Crippen LogP contribution in [0.3, 0.4) is 0 Å². The maximum Gasteiger partial charge on any atom is 0.0741 e. The van der Waals surface area contributed by atoms with Crippen molar-refractivity contribution in [2.45, 2.75) is 0 Å². The van der Waals surface area contributed by atoms with Gasteiger partial charge in [0.05, 0.1) is 11.0 Å². The number of hydrogen-bond donors (Lipinski definition) is 0. The predicted octanol–water partition coefficient (Wildman–Crippen LogP) is 1.47. The molecule has 4 heteroatoms. The Labute approximate surface area is 76.9 Å².